The lowest BCUT2D eigenvalue weighted by atomic mass is 10.0. The van der Waals surface area contributed by atoms with Gasteiger partial charge in [-0.15, -0.1) is 0 Å². The molecule has 4 nitrogen and oxygen atoms in total. The maximum atomic E-state index is 11.7. The summed E-state index contributed by atoms with van der Waals surface area (Å²) in [6, 6.07) is 0. The number of aliphatic hydroxyl groups excluding tert-OH is 1. The number of hydrogen-bond donors (Lipinski definition) is 2. The second-order valence-corrected chi connectivity index (χ2v) is 6.61. The molecular formula is C15H28N2O2. The smallest absolute Gasteiger partial charge is 0.220 e. The van der Waals surface area contributed by atoms with E-state index in [1.807, 2.05) is 0 Å². The SMILES string of the molecule is CC1(CCC(=O)NCCCN2CCCC(O)C2)CC1. The van der Waals surface area contributed by atoms with Crippen LogP contribution in [0.5, 0.6) is 0 Å². The van der Waals surface area contributed by atoms with Gasteiger partial charge in [0, 0.05) is 19.5 Å². The van der Waals surface area contributed by atoms with Crippen molar-refractivity contribution < 1.29 is 9.90 Å². The Morgan fingerprint density at radius 3 is 2.95 bits per heavy atom. The normalized spacial score (nSPS) is 26.1. The molecule has 0 aromatic heterocycles. The lowest BCUT2D eigenvalue weighted by Crippen LogP contribution is -2.39. The van der Waals surface area contributed by atoms with Gasteiger partial charge in [-0.2, -0.15) is 0 Å². The minimum atomic E-state index is -0.150. The molecule has 1 aliphatic carbocycles. The molecule has 19 heavy (non-hydrogen) atoms. The first kappa shape index (κ1) is 14.8. The molecular weight excluding hydrogens is 240 g/mol. The highest BCUT2D eigenvalue weighted by Crippen LogP contribution is 2.48. The predicted molar refractivity (Wildman–Crippen MR) is 75.9 cm³/mol. The molecule has 0 aromatic carbocycles. The van der Waals surface area contributed by atoms with Crippen LogP contribution >= 0.6 is 0 Å². The van der Waals surface area contributed by atoms with Crippen molar-refractivity contribution in [1.29, 1.82) is 0 Å². The maximum Gasteiger partial charge on any atom is 0.220 e. The van der Waals surface area contributed by atoms with Crippen LogP contribution in [-0.4, -0.2) is 48.2 Å². The topological polar surface area (TPSA) is 52.6 Å². The number of β-amino-alcohol motifs (C(OH)–C–C–N with tert-alkyl or cyclic N) is 1. The fourth-order valence-electron chi connectivity index (χ4n) is 2.73. The number of carbonyl (C=O) groups excluding carboxylic acids is 1. The largest absolute Gasteiger partial charge is 0.392 e. The number of carbonyl (C=O) groups is 1. The lowest BCUT2D eigenvalue weighted by molar-refractivity contribution is -0.121. The summed E-state index contributed by atoms with van der Waals surface area (Å²) >= 11 is 0. The van der Waals surface area contributed by atoms with Crippen molar-refractivity contribution in [2.24, 2.45) is 5.41 Å². The van der Waals surface area contributed by atoms with Crippen molar-refractivity contribution in [2.45, 2.75) is 58.0 Å². The van der Waals surface area contributed by atoms with E-state index in [1.54, 1.807) is 0 Å². The highest BCUT2D eigenvalue weighted by Gasteiger charge is 2.36. The molecule has 1 unspecified atom stereocenters. The summed E-state index contributed by atoms with van der Waals surface area (Å²) in [5.74, 6) is 0.201. The second-order valence-electron chi connectivity index (χ2n) is 6.61. The number of likely N-dealkylation sites (tertiary alicyclic amines) is 1. The molecule has 4 heteroatoms. The zero-order valence-corrected chi connectivity index (χ0v) is 12.2. The van der Waals surface area contributed by atoms with Gasteiger partial charge in [-0.25, -0.2) is 0 Å². The van der Waals surface area contributed by atoms with Gasteiger partial charge in [0.15, 0.2) is 0 Å². The molecule has 2 N–H and O–H groups in total. The van der Waals surface area contributed by atoms with Crippen molar-refractivity contribution in [3.8, 4) is 0 Å². The van der Waals surface area contributed by atoms with Gasteiger partial charge in [0.1, 0.15) is 0 Å². The fourth-order valence-corrected chi connectivity index (χ4v) is 2.73. The Bertz CT molecular complexity index is 303. The second kappa shape index (κ2) is 6.71. The Morgan fingerprint density at radius 1 is 1.47 bits per heavy atom. The average molecular weight is 268 g/mol. The Balaban J connectivity index is 1.48. The van der Waals surface area contributed by atoms with E-state index in [2.05, 4.69) is 17.1 Å². The van der Waals surface area contributed by atoms with Crippen LogP contribution in [0.15, 0.2) is 0 Å². The first-order valence-electron chi connectivity index (χ1n) is 7.75. The van der Waals surface area contributed by atoms with Crippen LogP contribution in [0.1, 0.15) is 51.9 Å². The molecule has 1 amide bonds. The third-order valence-electron chi connectivity index (χ3n) is 4.51. The van der Waals surface area contributed by atoms with E-state index in [9.17, 15) is 9.90 Å². The van der Waals surface area contributed by atoms with Gasteiger partial charge in [-0.3, -0.25) is 4.79 Å². The number of nitrogens with zero attached hydrogens (tertiary/aromatic N) is 1. The Morgan fingerprint density at radius 2 is 2.26 bits per heavy atom. The molecule has 0 radical (unpaired) electrons. The van der Waals surface area contributed by atoms with E-state index in [1.165, 1.54) is 12.8 Å². The third kappa shape index (κ3) is 5.49. The molecule has 0 bridgehead atoms. The molecule has 110 valence electrons. The van der Waals surface area contributed by atoms with Crippen LogP contribution < -0.4 is 5.32 Å². The summed E-state index contributed by atoms with van der Waals surface area (Å²) in [6.45, 7) is 5.90. The van der Waals surface area contributed by atoms with E-state index < -0.39 is 0 Å². The van der Waals surface area contributed by atoms with Crippen LogP contribution in [-0.2, 0) is 4.79 Å². The Labute approximate surface area is 116 Å². The van der Waals surface area contributed by atoms with E-state index in [-0.39, 0.29) is 12.0 Å². The minimum Gasteiger partial charge on any atom is -0.392 e. The number of nitrogens with one attached hydrogen (secondary N) is 1. The molecule has 1 saturated carbocycles. The molecule has 2 fully saturated rings. The van der Waals surface area contributed by atoms with Crippen LogP contribution in [0.4, 0.5) is 0 Å². The van der Waals surface area contributed by atoms with Crippen molar-refractivity contribution >= 4 is 5.91 Å². The van der Waals surface area contributed by atoms with Gasteiger partial charge in [0.25, 0.3) is 0 Å². The zero-order chi connectivity index (χ0) is 13.7. The highest BCUT2D eigenvalue weighted by molar-refractivity contribution is 5.75. The van der Waals surface area contributed by atoms with Crippen LogP contribution in [0.3, 0.4) is 0 Å². The zero-order valence-electron chi connectivity index (χ0n) is 12.2. The summed E-state index contributed by atoms with van der Waals surface area (Å²) in [5, 5.41) is 12.6. The van der Waals surface area contributed by atoms with Gasteiger partial charge >= 0.3 is 0 Å². The molecule has 1 heterocycles. The number of rotatable bonds is 7. The Hall–Kier alpha value is -0.610. The molecule has 0 spiro atoms. The summed E-state index contributed by atoms with van der Waals surface area (Å²) in [6.07, 6.45) is 7.15. The molecule has 1 saturated heterocycles. The van der Waals surface area contributed by atoms with Crippen molar-refractivity contribution in [1.82, 2.24) is 10.2 Å². The summed E-state index contributed by atoms with van der Waals surface area (Å²) in [4.78, 5) is 14.0. The molecule has 1 aliphatic heterocycles. The number of piperidine rings is 1. The van der Waals surface area contributed by atoms with Gasteiger partial charge in [0.2, 0.25) is 5.91 Å². The van der Waals surface area contributed by atoms with E-state index in [0.29, 0.717) is 11.8 Å². The van der Waals surface area contributed by atoms with Gasteiger partial charge in [0.05, 0.1) is 6.10 Å². The van der Waals surface area contributed by atoms with Crippen LogP contribution in [0.2, 0.25) is 0 Å². The standard InChI is InChI=1S/C15H28N2O2/c1-15(7-8-15)6-5-14(19)16-9-3-11-17-10-2-4-13(18)12-17/h13,18H,2-12H2,1H3,(H,16,19). The van der Waals surface area contributed by atoms with Gasteiger partial charge in [-0.05, 0) is 57.0 Å². The monoisotopic (exact) mass is 268 g/mol. The summed E-state index contributed by atoms with van der Waals surface area (Å²) < 4.78 is 0. The lowest BCUT2D eigenvalue weighted by Gasteiger charge is -2.29. The Kier molecular flexibility index (Phi) is 5.22. The highest BCUT2D eigenvalue weighted by atomic mass is 16.3. The van der Waals surface area contributed by atoms with Crippen molar-refractivity contribution in [3.63, 3.8) is 0 Å². The van der Waals surface area contributed by atoms with E-state index in [0.717, 1.165) is 51.9 Å². The number of aliphatic hydroxyl groups is 1. The maximum absolute atomic E-state index is 11.7. The predicted octanol–water partition coefficient (Wildman–Crippen LogP) is 1.53. The van der Waals surface area contributed by atoms with Crippen molar-refractivity contribution in [3.05, 3.63) is 0 Å². The average Bonchev–Trinajstić information content (AvgIpc) is 3.11. The fraction of sp³-hybridized carbons (Fsp3) is 0.933. The molecule has 1 atom stereocenters. The van der Waals surface area contributed by atoms with Crippen molar-refractivity contribution in [2.75, 3.05) is 26.2 Å². The minimum absolute atomic E-state index is 0.150. The first-order valence-corrected chi connectivity index (χ1v) is 7.75. The van der Waals surface area contributed by atoms with Crippen LogP contribution in [0.25, 0.3) is 0 Å². The van der Waals surface area contributed by atoms with Crippen LogP contribution in [0, 0.1) is 5.41 Å². The van der Waals surface area contributed by atoms with E-state index in [4.69, 9.17) is 0 Å². The molecule has 2 aliphatic rings. The molecule has 0 aromatic rings. The van der Waals surface area contributed by atoms with Gasteiger partial charge < -0.3 is 15.3 Å². The van der Waals surface area contributed by atoms with Gasteiger partial charge in [-0.1, -0.05) is 6.92 Å². The quantitative estimate of drug-likeness (QED) is 0.689. The summed E-state index contributed by atoms with van der Waals surface area (Å²) in [5.41, 5.74) is 0.473. The summed E-state index contributed by atoms with van der Waals surface area (Å²) in [7, 11) is 0. The number of hydrogen-bond acceptors (Lipinski definition) is 3. The van der Waals surface area contributed by atoms with E-state index >= 15 is 0 Å². The third-order valence-corrected chi connectivity index (χ3v) is 4.51. The molecule has 2 rings (SSSR count). The number of amides is 1. The first-order chi connectivity index (χ1) is 9.07.